The second-order valence-corrected chi connectivity index (χ2v) is 5.55. The standard InChI is InChI=1S/C21H14N2O4/c22-13-14-5-9-16(10-6-14)27-17-11-7-15(8-12-17)23-20(24)18-3-1-2-4-19(18)21(25)26/h1-12H,(H,23,24)(H,25,26)/p-1. The first-order chi connectivity index (χ1) is 13.1. The Morgan fingerprint density at radius 2 is 1.41 bits per heavy atom. The lowest BCUT2D eigenvalue weighted by Gasteiger charge is -2.11. The third-order valence-electron chi connectivity index (χ3n) is 3.72. The second kappa shape index (κ2) is 7.85. The summed E-state index contributed by atoms with van der Waals surface area (Å²) in [4.78, 5) is 23.4. The van der Waals surface area contributed by atoms with Crippen molar-refractivity contribution in [1.29, 1.82) is 5.26 Å². The zero-order chi connectivity index (χ0) is 19.2. The minimum absolute atomic E-state index is 0.0235. The molecule has 0 radical (unpaired) electrons. The van der Waals surface area contributed by atoms with Crippen LogP contribution in [0.5, 0.6) is 11.5 Å². The second-order valence-electron chi connectivity index (χ2n) is 5.55. The van der Waals surface area contributed by atoms with Gasteiger partial charge in [0.15, 0.2) is 0 Å². The quantitative estimate of drug-likeness (QED) is 0.756. The van der Waals surface area contributed by atoms with E-state index < -0.39 is 11.9 Å². The fraction of sp³-hybridized carbons (Fsp3) is 0. The molecule has 0 aliphatic carbocycles. The molecular weight excluding hydrogens is 344 g/mol. The lowest BCUT2D eigenvalue weighted by molar-refractivity contribution is -0.255. The number of carboxylic acid groups (broad SMARTS) is 1. The molecule has 0 unspecified atom stereocenters. The van der Waals surface area contributed by atoms with E-state index in [0.29, 0.717) is 22.7 Å². The van der Waals surface area contributed by atoms with E-state index in [9.17, 15) is 14.7 Å². The molecule has 0 heterocycles. The van der Waals surface area contributed by atoms with Gasteiger partial charge < -0.3 is 20.0 Å². The third kappa shape index (κ3) is 4.30. The first-order valence-corrected chi connectivity index (χ1v) is 7.96. The number of benzene rings is 3. The lowest BCUT2D eigenvalue weighted by Crippen LogP contribution is -2.26. The van der Waals surface area contributed by atoms with Crippen molar-refractivity contribution in [3.05, 3.63) is 89.5 Å². The molecule has 3 rings (SSSR count). The number of carbonyl (C=O) groups excluding carboxylic acids is 2. The van der Waals surface area contributed by atoms with Gasteiger partial charge in [-0.3, -0.25) is 4.79 Å². The number of ether oxygens (including phenoxy) is 1. The van der Waals surface area contributed by atoms with Crippen LogP contribution < -0.4 is 15.2 Å². The molecule has 0 fully saturated rings. The van der Waals surface area contributed by atoms with E-state index in [2.05, 4.69) is 5.32 Å². The average molecular weight is 357 g/mol. The number of aromatic carboxylic acids is 1. The van der Waals surface area contributed by atoms with Crippen LogP contribution in [0.3, 0.4) is 0 Å². The van der Waals surface area contributed by atoms with Gasteiger partial charge in [0.25, 0.3) is 5.91 Å². The predicted molar refractivity (Wildman–Crippen MR) is 96.4 cm³/mol. The van der Waals surface area contributed by atoms with Crippen molar-refractivity contribution in [1.82, 2.24) is 0 Å². The summed E-state index contributed by atoms with van der Waals surface area (Å²) in [6, 6.07) is 21.2. The van der Waals surface area contributed by atoms with Gasteiger partial charge in [0.1, 0.15) is 11.5 Å². The number of rotatable bonds is 5. The van der Waals surface area contributed by atoms with Crippen LogP contribution in [0.25, 0.3) is 0 Å². The monoisotopic (exact) mass is 357 g/mol. The molecule has 6 nitrogen and oxygen atoms in total. The van der Waals surface area contributed by atoms with Crippen molar-refractivity contribution in [2.24, 2.45) is 0 Å². The van der Waals surface area contributed by atoms with Crippen LogP contribution in [0.4, 0.5) is 5.69 Å². The van der Waals surface area contributed by atoms with Crippen LogP contribution in [-0.2, 0) is 0 Å². The normalized spacial score (nSPS) is 9.89. The fourth-order valence-electron chi connectivity index (χ4n) is 2.40. The summed E-state index contributed by atoms with van der Waals surface area (Å²) in [5.74, 6) is -0.830. The van der Waals surface area contributed by atoms with Crippen LogP contribution in [0.15, 0.2) is 72.8 Å². The molecule has 27 heavy (non-hydrogen) atoms. The highest BCUT2D eigenvalue weighted by Crippen LogP contribution is 2.23. The van der Waals surface area contributed by atoms with Crippen LogP contribution in [0, 0.1) is 11.3 Å². The van der Waals surface area contributed by atoms with Crippen molar-refractivity contribution in [2.45, 2.75) is 0 Å². The van der Waals surface area contributed by atoms with E-state index in [1.54, 1.807) is 54.6 Å². The molecule has 0 spiro atoms. The van der Waals surface area contributed by atoms with Crippen molar-refractivity contribution >= 4 is 17.6 Å². The van der Waals surface area contributed by atoms with E-state index in [-0.39, 0.29) is 11.1 Å². The summed E-state index contributed by atoms with van der Waals surface area (Å²) in [5, 5.41) is 22.5. The number of carboxylic acids is 1. The number of anilines is 1. The van der Waals surface area contributed by atoms with Gasteiger partial charge in [-0.05, 0) is 54.6 Å². The smallest absolute Gasteiger partial charge is 0.256 e. The Labute approximate surface area is 155 Å². The Morgan fingerprint density at radius 3 is 1.96 bits per heavy atom. The van der Waals surface area contributed by atoms with Crippen LogP contribution in [-0.4, -0.2) is 11.9 Å². The summed E-state index contributed by atoms with van der Waals surface area (Å²) in [6.45, 7) is 0. The zero-order valence-electron chi connectivity index (χ0n) is 14.0. The molecule has 0 aliphatic rings. The number of hydrogen-bond acceptors (Lipinski definition) is 5. The molecule has 0 saturated heterocycles. The third-order valence-corrected chi connectivity index (χ3v) is 3.72. The molecule has 0 aliphatic heterocycles. The summed E-state index contributed by atoms with van der Waals surface area (Å²) in [5.41, 5.74) is 0.878. The predicted octanol–water partition coefficient (Wildman–Crippen LogP) is 2.97. The number of nitrogens with zero attached hydrogens (tertiary/aromatic N) is 1. The number of nitrogens with one attached hydrogen (secondary N) is 1. The highest BCUT2D eigenvalue weighted by molar-refractivity contribution is 6.10. The van der Waals surface area contributed by atoms with Crippen molar-refractivity contribution < 1.29 is 19.4 Å². The van der Waals surface area contributed by atoms with E-state index >= 15 is 0 Å². The number of carbonyl (C=O) groups is 2. The Kier molecular flexibility index (Phi) is 5.15. The Balaban J connectivity index is 1.69. The van der Waals surface area contributed by atoms with Gasteiger partial charge in [0, 0.05) is 16.8 Å². The largest absolute Gasteiger partial charge is 0.545 e. The summed E-state index contributed by atoms with van der Waals surface area (Å²) in [7, 11) is 0. The lowest BCUT2D eigenvalue weighted by atomic mass is 10.1. The van der Waals surface area contributed by atoms with E-state index in [1.807, 2.05) is 6.07 Å². The molecule has 0 atom stereocenters. The number of nitriles is 1. The first-order valence-electron chi connectivity index (χ1n) is 7.96. The van der Waals surface area contributed by atoms with Crippen LogP contribution in [0.1, 0.15) is 26.3 Å². The highest BCUT2D eigenvalue weighted by atomic mass is 16.5. The SMILES string of the molecule is N#Cc1ccc(Oc2ccc(NC(=O)c3ccccc3C(=O)[O-])cc2)cc1. The van der Waals surface area contributed by atoms with Crippen LogP contribution in [0.2, 0.25) is 0 Å². The number of hydrogen-bond donors (Lipinski definition) is 1. The van der Waals surface area contributed by atoms with E-state index in [1.165, 1.54) is 18.2 Å². The number of amides is 1. The molecule has 0 saturated carbocycles. The van der Waals surface area contributed by atoms with Gasteiger partial charge >= 0.3 is 0 Å². The topological polar surface area (TPSA) is 102 Å². The van der Waals surface area contributed by atoms with Gasteiger partial charge in [0.05, 0.1) is 17.6 Å². The van der Waals surface area contributed by atoms with Gasteiger partial charge in [-0.1, -0.05) is 18.2 Å². The molecule has 1 amide bonds. The minimum Gasteiger partial charge on any atom is -0.545 e. The fourth-order valence-corrected chi connectivity index (χ4v) is 2.40. The molecule has 0 bridgehead atoms. The van der Waals surface area contributed by atoms with Crippen molar-refractivity contribution in [3.8, 4) is 17.6 Å². The average Bonchev–Trinajstić information content (AvgIpc) is 2.70. The Morgan fingerprint density at radius 1 is 0.852 bits per heavy atom. The van der Waals surface area contributed by atoms with E-state index in [0.717, 1.165) is 0 Å². The van der Waals surface area contributed by atoms with Crippen molar-refractivity contribution in [3.63, 3.8) is 0 Å². The highest BCUT2D eigenvalue weighted by Gasteiger charge is 2.11. The maximum atomic E-state index is 12.3. The van der Waals surface area contributed by atoms with Crippen molar-refractivity contribution in [2.75, 3.05) is 5.32 Å². The maximum Gasteiger partial charge on any atom is 0.256 e. The summed E-state index contributed by atoms with van der Waals surface area (Å²) >= 11 is 0. The Bertz CT molecular complexity index is 1020. The Hall–Kier alpha value is -4.11. The first kappa shape index (κ1) is 17.7. The molecule has 0 aromatic heterocycles. The molecule has 6 heteroatoms. The molecule has 3 aromatic carbocycles. The molecule has 132 valence electrons. The summed E-state index contributed by atoms with van der Waals surface area (Å²) in [6.07, 6.45) is 0. The van der Waals surface area contributed by atoms with Crippen LogP contribution >= 0.6 is 0 Å². The van der Waals surface area contributed by atoms with Gasteiger partial charge in [-0.15, -0.1) is 0 Å². The zero-order valence-corrected chi connectivity index (χ0v) is 14.0. The molecular formula is C21H13N2O4-. The molecule has 1 N–H and O–H groups in total. The van der Waals surface area contributed by atoms with Gasteiger partial charge in [-0.2, -0.15) is 5.26 Å². The summed E-state index contributed by atoms with van der Waals surface area (Å²) < 4.78 is 5.66. The maximum absolute atomic E-state index is 12.3. The van der Waals surface area contributed by atoms with Gasteiger partial charge in [0.2, 0.25) is 0 Å². The minimum atomic E-state index is -1.41. The molecule has 3 aromatic rings. The van der Waals surface area contributed by atoms with Gasteiger partial charge in [-0.25, -0.2) is 0 Å². The van der Waals surface area contributed by atoms with E-state index in [4.69, 9.17) is 10.00 Å².